The zero-order chi connectivity index (χ0) is 13.0. The van der Waals surface area contributed by atoms with E-state index in [4.69, 9.17) is 0 Å². The van der Waals surface area contributed by atoms with E-state index in [1.54, 1.807) is 0 Å². The van der Waals surface area contributed by atoms with Crippen molar-refractivity contribution in [2.75, 3.05) is 14.1 Å². The predicted molar refractivity (Wildman–Crippen MR) is 61.1 cm³/mol. The van der Waals surface area contributed by atoms with Crippen LogP contribution >= 0.6 is 0 Å². The fourth-order valence-electron chi connectivity index (χ4n) is 1.01. The Hall–Kier alpha value is -2.44. The Morgan fingerprint density at radius 2 is 1.65 bits per heavy atom. The summed E-state index contributed by atoms with van der Waals surface area (Å²) in [6.07, 6.45) is 0.862. The van der Waals surface area contributed by atoms with Crippen molar-refractivity contribution < 1.29 is 14.5 Å². The fourth-order valence-corrected chi connectivity index (χ4v) is 1.01. The zero-order valence-electron chi connectivity index (χ0n) is 9.36. The van der Waals surface area contributed by atoms with Gasteiger partial charge in [0, 0.05) is 38.4 Å². The molecule has 7 heteroatoms. The SMILES string of the molecule is CN(C)C(=O)/C=[N+](\[O-])c1ccc([N+](=O)[O-])cc1. The first-order valence-electron chi connectivity index (χ1n) is 4.69. The van der Waals surface area contributed by atoms with E-state index in [0.29, 0.717) is 4.74 Å². The average Bonchev–Trinajstić information content (AvgIpc) is 2.28. The van der Waals surface area contributed by atoms with Gasteiger partial charge in [0.05, 0.1) is 4.92 Å². The fraction of sp³-hybridized carbons (Fsp3) is 0.200. The van der Waals surface area contributed by atoms with E-state index in [9.17, 15) is 20.1 Å². The molecule has 0 aliphatic rings. The number of hydrogen-bond acceptors (Lipinski definition) is 4. The molecule has 7 nitrogen and oxygen atoms in total. The van der Waals surface area contributed by atoms with Crippen molar-refractivity contribution in [3.8, 4) is 0 Å². The van der Waals surface area contributed by atoms with Gasteiger partial charge in [0.1, 0.15) is 0 Å². The van der Waals surface area contributed by atoms with Gasteiger partial charge in [-0.25, -0.2) is 0 Å². The lowest BCUT2D eigenvalue weighted by Crippen LogP contribution is -2.25. The number of non-ortho nitro benzene ring substituents is 1. The maximum absolute atomic E-state index is 11.5. The summed E-state index contributed by atoms with van der Waals surface area (Å²) in [7, 11) is 3.03. The molecule has 0 N–H and O–H groups in total. The van der Waals surface area contributed by atoms with Gasteiger partial charge < -0.3 is 10.1 Å². The van der Waals surface area contributed by atoms with Crippen LogP contribution in [0.15, 0.2) is 24.3 Å². The molecule has 0 heterocycles. The van der Waals surface area contributed by atoms with Gasteiger partial charge in [-0.1, -0.05) is 0 Å². The summed E-state index contributed by atoms with van der Waals surface area (Å²) in [5.41, 5.74) is 0.0480. The second-order valence-electron chi connectivity index (χ2n) is 3.46. The van der Waals surface area contributed by atoms with Crippen molar-refractivity contribution in [1.82, 2.24) is 4.90 Å². The topological polar surface area (TPSA) is 89.5 Å². The molecule has 0 aliphatic heterocycles. The molecule has 17 heavy (non-hydrogen) atoms. The Labute approximate surface area is 97.3 Å². The van der Waals surface area contributed by atoms with Crippen LogP contribution in [0, 0.1) is 15.3 Å². The minimum atomic E-state index is -0.562. The highest BCUT2D eigenvalue weighted by Crippen LogP contribution is 2.16. The van der Waals surface area contributed by atoms with Crippen LogP contribution in [0.1, 0.15) is 0 Å². The molecule has 0 aliphatic carbocycles. The van der Waals surface area contributed by atoms with Crippen molar-refractivity contribution in [2.24, 2.45) is 0 Å². The van der Waals surface area contributed by atoms with Crippen molar-refractivity contribution in [1.29, 1.82) is 0 Å². The van der Waals surface area contributed by atoms with Crippen LogP contribution in [0.5, 0.6) is 0 Å². The van der Waals surface area contributed by atoms with Gasteiger partial charge in [-0.2, -0.15) is 4.74 Å². The Morgan fingerprint density at radius 3 is 2.06 bits per heavy atom. The maximum Gasteiger partial charge on any atom is 0.311 e. The number of nitro benzene ring substituents is 1. The monoisotopic (exact) mass is 237 g/mol. The standard InChI is InChI=1S/C10H11N3O4/c1-11(2)10(14)7-12(15)8-3-5-9(6-4-8)13(16)17/h3-7H,1-2H3/b12-7-. The van der Waals surface area contributed by atoms with Crippen molar-refractivity contribution in [2.45, 2.75) is 0 Å². The number of hydrogen-bond donors (Lipinski definition) is 0. The second kappa shape index (κ2) is 5.06. The lowest BCUT2D eigenvalue weighted by Gasteiger charge is -2.06. The third kappa shape index (κ3) is 3.26. The highest BCUT2D eigenvalue weighted by molar-refractivity contribution is 6.24. The van der Waals surface area contributed by atoms with Crippen LogP contribution in [0.2, 0.25) is 0 Å². The summed E-state index contributed by atoms with van der Waals surface area (Å²) in [5, 5.41) is 21.9. The first-order chi connectivity index (χ1) is 7.91. The number of nitro groups is 1. The largest absolute Gasteiger partial charge is 0.618 e. The predicted octanol–water partition coefficient (Wildman–Crippen LogP) is 0.896. The second-order valence-corrected chi connectivity index (χ2v) is 3.46. The number of benzene rings is 1. The quantitative estimate of drug-likeness (QED) is 0.257. The van der Waals surface area contributed by atoms with E-state index in [1.807, 2.05) is 0 Å². The molecule has 0 unspecified atom stereocenters. The molecule has 1 rings (SSSR count). The van der Waals surface area contributed by atoms with E-state index in [1.165, 1.54) is 43.3 Å². The van der Waals surface area contributed by atoms with Crippen LogP contribution in [-0.4, -0.2) is 40.8 Å². The Balaban J connectivity index is 2.94. The van der Waals surface area contributed by atoms with Gasteiger partial charge in [0.15, 0.2) is 0 Å². The number of carbonyl (C=O) groups is 1. The van der Waals surface area contributed by atoms with E-state index >= 15 is 0 Å². The first kappa shape index (κ1) is 12.6. The molecule has 1 aromatic carbocycles. The summed E-state index contributed by atoms with van der Waals surface area (Å²) in [6, 6.07) is 4.97. The molecule has 1 amide bonds. The Kier molecular flexibility index (Phi) is 3.76. The van der Waals surface area contributed by atoms with Gasteiger partial charge in [0.2, 0.25) is 11.9 Å². The number of nitrogens with zero attached hydrogens (tertiary/aromatic N) is 3. The first-order valence-corrected chi connectivity index (χ1v) is 4.69. The molecule has 0 fully saturated rings. The Bertz CT molecular complexity index is 465. The van der Waals surface area contributed by atoms with E-state index in [2.05, 4.69) is 0 Å². The van der Waals surface area contributed by atoms with Gasteiger partial charge in [0.25, 0.3) is 5.69 Å². The molecule has 90 valence electrons. The molecule has 0 saturated heterocycles. The minimum Gasteiger partial charge on any atom is -0.618 e. The summed E-state index contributed by atoms with van der Waals surface area (Å²) in [5.74, 6) is -0.460. The summed E-state index contributed by atoms with van der Waals surface area (Å²) in [4.78, 5) is 22.3. The lowest BCUT2D eigenvalue weighted by molar-refractivity contribution is -0.385. The van der Waals surface area contributed by atoms with Crippen LogP contribution in [-0.2, 0) is 4.79 Å². The van der Waals surface area contributed by atoms with Crippen LogP contribution in [0.25, 0.3) is 0 Å². The molecule has 0 atom stereocenters. The van der Waals surface area contributed by atoms with Gasteiger partial charge >= 0.3 is 5.91 Å². The third-order valence-corrected chi connectivity index (χ3v) is 1.98. The lowest BCUT2D eigenvalue weighted by atomic mass is 10.3. The number of amides is 1. The molecule has 0 spiro atoms. The van der Waals surface area contributed by atoms with Crippen molar-refractivity contribution >= 4 is 23.5 Å². The minimum absolute atomic E-state index is 0.110. The van der Waals surface area contributed by atoms with E-state index in [-0.39, 0.29) is 11.4 Å². The molecule has 0 saturated carbocycles. The highest BCUT2D eigenvalue weighted by Gasteiger charge is 2.10. The van der Waals surface area contributed by atoms with Crippen molar-refractivity contribution in [3.05, 3.63) is 39.6 Å². The zero-order valence-corrected chi connectivity index (χ0v) is 9.36. The normalized spacial score (nSPS) is 11.1. The summed E-state index contributed by atoms with van der Waals surface area (Å²) in [6.45, 7) is 0. The molecule has 0 aromatic heterocycles. The van der Waals surface area contributed by atoms with Gasteiger partial charge in [-0.15, -0.1) is 0 Å². The van der Waals surface area contributed by atoms with Gasteiger partial charge in [-0.05, 0) is 0 Å². The molecule has 1 aromatic rings. The summed E-state index contributed by atoms with van der Waals surface area (Å²) >= 11 is 0. The Morgan fingerprint density at radius 1 is 1.18 bits per heavy atom. The van der Waals surface area contributed by atoms with Crippen LogP contribution in [0.3, 0.4) is 0 Å². The van der Waals surface area contributed by atoms with Crippen LogP contribution < -0.4 is 0 Å². The third-order valence-electron chi connectivity index (χ3n) is 1.98. The van der Waals surface area contributed by atoms with E-state index in [0.717, 1.165) is 6.21 Å². The van der Waals surface area contributed by atoms with E-state index < -0.39 is 10.8 Å². The van der Waals surface area contributed by atoms with Gasteiger partial charge in [-0.3, -0.25) is 14.9 Å². The highest BCUT2D eigenvalue weighted by atomic mass is 16.6. The molecule has 0 bridgehead atoms. The smallest absolute Gasteiger partial charge is 0.311 e. The average molecular weight is 237 g/mol. The molecular formula is C10H11N3O4. The van der Waals surface area contributed by atoms with Crippen molar-refractivity contribution in [3.63, 3.8) is 0 Å². The van der Waals surface area contributed by atoms with Crippen LogP contribution in [0.4, 0.5) is 11.4 Å². The summed E-state index contributed by atoms with van der Waals surface area (Å²) < 4.78 is 0.367. The molecule has 0 radical (unpaired) electrons. The number of carbonyl (C=O) groups excluding carboxylic acids is 1. The molecular weight excluding hydrogens is 226 g/mol. The maximum atomic E-state index is 11.5. The number of rotatable bonds is 3.